The highest BCUT2D eigenvalue weighted by molar-refractivity contribution is 7.90. The van der Waals surface area contributed by atoms with E-state index < -0.39 is 55.1 Å². The van der Waals surface area contributed by atoms with Gasteiger partial charge in [-0.3, -0.25) is 4.79 Å². The van der Waals surface area contributed by atoms with E-state index in [1.165, 1.54) is 35.7 Å². The van der Waals surface area contributed by atoms with Crippen molar-refractivity contribution in [3.8, 4) is 0 Å². The zero-order valence-corrected chi connectivity index (χ0v) is 18.0. The molecule has 1 aliphatic rings. The van der Waals surface area contributed by atoms with E-state index in [0.29, 0.717) is 0 Å². The highest BCUT2D eigenvalue weighted by atomic mass is 32.2. The predicted octanol–water partition coefficient (Wildman–Crippen LogP) is -0.219. The number of carbonyl (C=O) groups excluding carboxylic acids is 1. The molecule has 1 unspecified atom stereocenters. The van der Waals surface area contributed by atoms with Crippen LogP contribution < -0.4 is 5.73 Å². The first-order chi connectivity index (χ1) is 14.6. The summed E-state index contributed by atoms with van der Waals surface area (Å²) in [5.41, 5.74) is 3.09. The van der Waals surface area contributed by atoms with Gasteiger partial charge in [-0.25, -0.2) is 4.39 Å². The minimum absolute atomic E-state index is 0.0206. The molecule has 2 N–H and O–H groups in total. The Labute approximate surface area is 184 Å². The van der Waals surface area contributed by atoms with E-state index in [4.69, 9.17) is 14.7 Å². The second kappa shape index (κ2) is 7.61. The number of carbonyl (C=O) groups is 1. The van der Waals surface area contributed by atoms with Crippen molar-refractivity contribution in [1.29, 1.82) is 0 Å². The number of alkyl halides is 3. The summed E-state index contributed by atoms with van der Waals surface area (Å²) in [6.45, 7) is 0. The van der Waals surface area contributed by atoms with Crippen molar-refractivity contribution < 1.29 is 39.7 Å². The average molecular weight is 467 g/mol. The average Bonchev–Trinajstić information content (AvgIpc) is 2.91. The molecule has 0 fully saturated rings. The Hall–Kier alpha value is -2.89. The molecule has 0 radical (unpaired) electrons. The van der Waals surface area contributed by atoms with Gasteiger partial charge in [0.15, 0.2) is 13.3 Å². The van der Waals surface area contributed by atoms with Gasteiger partial charge in [0.05, 0.1) is 10.1 Å². The van der Waals surface area contributed by atoms with Crippen LogP contribution in [0.4, 0.5) is 17.6 Å². The van der Waals surface area contributed by atoms with E-state index in [1.807, 2.05) is 0 Å². The Morgan fingerprint density at radius 3 is 1.97 bits per heavy atom. The third-order valence-corrected chi connectivity index (χ3v) is 7.17. The van der Waals surface area contributed by atoms with Gasteiger partial charge in [0, 0.05) is 0 Å². The van der Waals surface area contributed by atoms with Gasteiger partial charge in [-0.2, -0.15) is 21.6 Å². The fourth-order valence-corrected chi connectivity index (χ4v) is 4.11. The van der Waals surface area contributed by atoms with Crippen molar-refractivity contribution in [2.24, 2.45) is 5.73 Å². The summed E-state index contributed by atoms with van der Waals surface area (Å²) in [6.07, 6.45) is -4.58. The predicted molar refractivity (Wildman–Crippen MR) is 114 cm³/mol. The van der Waals surface area contributed by atoms with Gasteiger partial charge in [0.1, 0.15) is 21.5 Å². The fraction of sp³-hybridized carbons (Fsp3) is 0.167. The van der Waals surface area contributed by atoms with Crippen molar-refractivity contribution in [3.63, 3.8) is 0 Å². The van der Waals surface area contributed by atoms with Crippen molar-refractivity contribution in [2.75, 3.05) is 0 Å². The van der Waals surface area contributed by atoms with Crippen LogP contribution in [0.5, 0.6) is 0 Å². The van der Waals surface area contributed by atoms with Crippen LogP contribution in [0.1, 0.15) is 16.7 Å². The topological polar surface area (TPSA) is 95.7 Å². The number of rotatable bonds is 5. The monoisotopic (exact) mass is 467 g/mol. The first kappa shape index (κ1) is 23.8. The smallest absolute Gasteiger partial charge is 0.416 e. The van der Waals surface area contributed by atoms with E-state index in [-0.39, 0.29) is 11.1 Å². The summed E-state index contributed by atoms with van der Waals surface area (Å²) in [6, 6.07) is 8.27. The number of benzene rings is 2. The molecule has 32 heavy (non-hydrogen) atoms. The van der Waals surface area contributed by atoms with E-state index in [2.05, 4.69) is 0 Å². The molecule has 166 valence electrons. The molecule has 0 saturated carbocycles. The number of hydrogen-bond acceptors (Lipinski definition) is 6. The summed E-state index contributed by atoms with van der Waals surface area (Å²) in [4.78, 5) is 13.0. The second-order valence-corrected chi connectivity index (χ2v) is 9.88. The van der Waals surface area contributed by atoms with Crippen molar-refractivity contribution in [2.45, 2.75) is 16.2 Å². The van der Waals surface area contributed by atoms with Gasteiger partial charge < -0.3 is 14.7 Å². The first-order valence-corrected chi connectivity index (χ1v) is 10.6. The minimum atomic E-state index is -4.58. The Morgan fingerprint density at radius 2 is 1.47 bits per heavy atom. The summed E-state index contributed by atoms with van der Waals surface area (Å²) in [7, 11) is -0.722. The van der Waals surface area contributed by atoms with E-state index in [1.54, 1.807) is 0 Å². The molecular weight excluding hydrogens is 451 g/mol. The molecule has 1 heterocycles. The van der Waals surface area contributed by atoms with Crippen LogP contribution in [0.25, 0.3) is 0 Å². The summed E-state index contributed by atoms with van der Waals surface area (Å²) >= 11 is 0. The standard InChI is InChI=1S/C18H16B3F4NO5S/c19-16(9-1-3-11(4-2-9)18(23,24)25)14(27)13(15(26)30-16)31-32(28,29)17(20,21)10-5-7-12(22)8-6-10/h1-8H,19-21,26H2. The lowest BCUT2D eigenvalue weighted by Gasteiger charge is -2.26. The van der Waals surface area contributed by atoms with Crippen molar-refractivity contribution >= 4 is 39.4 Å². The number of ether oxygens (including phenoxy) is 1. The molecule has 2 aromatic rings. The minimum Gasteiger partial charge on any atom is -0.467 e. The quantitative estimate of drug-likeness (QED) is 0.372. The summed E-state index contributed by atoms with van der Waals surface area (Å²) in [5, 5.41) is 0. The molecule has 1 aliphatic heterocycles. The van der Waals surface area contributed by atoms with Crippen LogP contribution in [-0.2, 0) is 40.1 Å². The summed E-state index contributed by atoms with van der Waals surface area (Å²) in [5.74, 6) is -2.96. The molecular formula is C18H16B3F4NO5S. The molecule has 2 aromatic carbocycles. The molecule has 0 amide bonds. The SMILES string of the molecule is BC1(c2ccc(C(F)(F)F)cc2)OC(N)=C(OS(=O)(=O)C(B)(B)c2ccc(F)cc2)C1=O. The number of hydrogen-bond donors (Lipinski definition) is 1. The van der Waals surface area contributed by atoms with Crippen molar-refractivity contribution in [3.05, 3.63) is 82.7 Å². The third kappa shape index (κ3) is 3.99. The largest absolute Gasteiger partial charge is 0.467 e. The maximum absolute atomic E-state index is 13.2. The van der Waals surface area contributed by atoms with Gasteiger partial charge in [-0.05, 0) is 35.4 Å². The van der Waals surface area contributed by atoms with Crippen LogP contribution in [-0.4, -0.2) is 37.7 Å². The lowest BCUT2D eigenvalue weighted by atomic mass is 9.65. The first-order valence-electron chi connectivity index (χ1n) is 9.21. The number of nitrogens with two attached hydrogens (primary N) is 1. The van der Waals surface area contributed by atoms with E-state index in [9.17, 15) is 30.8 Å². The molecule has 3 rings (SSSR count). The van der Waals surface area contributed by atoms with Gasteiger partial charge >= 0.3 is 16.3 Å². The van der Waals surface area contributed by atoms with Crippen LogP contribution in [0.15, 0.2) is 60.2 Å². The molecule has 0 spiro atoms. The van der Waals surface area contributed by atoms with Crippen LogP contribution in [0.2, 0.25) is 0 Å². The third-order valence-electron chi connectivity index (χ3n) is 5.30. The number of ketones is 1. The normalized spacial score (nSPS) is 19.7. The maximum atomic E-state index is 13.2. The van der Waals surface area contributed by atoms with Crippen LogP contribution in [0.3, 0.4) is 0 Å². The lowest BCUT2D eigenvalue weighted by molar-refractivity contribution is -0.137. The number of Topliss-reactive ketones (excluding diaryl/α,β-unsaturated/α-hetero) is 1. The Morgan fingerprint density at radius 1 is 0.969 bits per heavy atom. The molecule has 0 aromatic heterocycles. The Bertz CT molecular complexity index is 1200. The highest BCUT2D eigenvalue weighted by Gasteiger charge is 2.51. The molecule has 6 nitrogen and oxygen atoms in total. The van der Waals surface area contributed by atoms with Gasteiger partial charge in [0.2, 0.25) is 17.4 Å². The maximum Gasteiger partial charge on any atom is 0.416 e. The van der Waals surface area contributed by atoms with Gasteiger partial charge in [0.25, 0.3) is 0 Å². The second-order valence-electron chi connectivity index (χ2n) is 7.79. The molecule has 14 heteroatoms. The zero-order valence-electron chi connectivity index (χ0n) is 17.2. The van der Waals surface area contributed by atoms with Gasteiger partial charge in [-0.1, -0.05) is 24.3 Å². The van der Waals surface area contributed by atoms with E-state index >= 15 is 0 Å². The zero-order chi connectivity index (χ0) is 24.1. The molecule has 0 aliphatic carbocycles. The van der Waals surface area contributed by atoms with Crippen molar-refractivity contribution in [1.82, 2.24) is 0 Å². The summed E-state index contributed by atoms with van der Waals surface area (Å²) < 4.78 is 86.3. The van der Waals surface area contributed by atoms with Crippen LogP contribution >= 0.6 is 0 Å². The fourth-order valence-electron chi connectivity index (χ4n) is 3.10. The molecule has 1 atom stereocenters. The molecule has 0 bridgehead atoms. The van der Waals surface area contributed by atoms with E-state index in [0.717, 1.165) is 36.4 Å². The lowest BCUT2D eigenvalue weighted by Crippen LogP contribution is -2.40. The number of halogens is 4. The van der Waals surface area contributed by atoms with Gasteiger partial charge in [-0.15, -0.1) is 0 Å². The Kier molecular flexibility index (Phi) is 5.65. The molecule has 0 saturated heterocycles. The Balaban J connectivity index is 1.90. The highest BCUT2D eigenvalue weighted by Crippen LogP contribution is 2.39. The van der Waals surface area contributed by atoms with Crippen LogP contribution in [0, 0.1) is 5.82 Å².